The summed E-state index contributed by atoms with van der Waals surface area (Å²) in [5.74, 6) is -0.761. The number of nitrogens with zero attached hydrogens (tertiary/aromatic N) is 1. The van der Waals surface area contributed by atoms with Gasteiger partial charge in [-0.25, -0.2) is 0 Å². The van der Waals surface area contributed by atoms with Crippen LogP contribution in [0.2, 0.25) is 0 Å². The molecule has 1 heterocycles. The molecule has 0 aromatic heterocycles. The highest BCUT2D eigenvalue weighted by Crippen LogP contribution is 2.13. The Morgan fingerprint density at radius 1 is 1.73 bits per heavy atom. The largest absolute Gasteiger partial charge is 0.480 e. The molecule has 3 unspecified atom stereocenters. The van der Waals surface area contributed by atoms with Crippen molar-refractivity contribution in [3.05, 3.63) is 0 Å². The fraction of sp³-hybridized carbons (Fsp3) is 0.900. The molecule has 15 heavy (non-hydrogen) atoms. The van der Waals surface area contributed by atoms with Gasteiger partial charge in [0.05, 0.1) is 12.7 Å². The van der Waals surface area contributed by atoms with E-state index < -0.39 is 12.0 Å². The van der Waals surface area contributed by atoms with Crippen molar-refractivity contribution in [2.45, 2.75) is 38.5 Å². The van der Waals surface area contributed by atoms with Crippen molar-refractivity contribution in [2.75, 3.05) is 19.7 Å². The van der Waals surface area contributed by atoms with Gasteiger partial charge in [-0.3, -0.25) is 9.69 Å². The number of ether oxygens (including phenoxy) is 1. The lowest BCUT2D eigenvalue weighted by atomic mass is 10.1. The molecule has 0 aliphatic carbocycles. The van der Waals surface area contributed by atoms with Crippen molar-refractivity contribution in [3.8, 4) is 0 Å². The Kier molecular flexibility index (Phi) is 4.50. The zero-order valence-electron chi connectivity index (χ0n) is 9.35. The van der Waals surface area contributed by atoms with Crippen molar-refractivity contribution in [1.82, 2.24) is 4.90 Å². The number of carbonyl (C=O) groups is 1. The van der Waals surface area contributed by atoms with E-state index in [9.17, 15) is 4.79 Å². The third kappa shape index (κ3) is 3.15. The number of carboxylic acid groups (broad SMARTS) is 1. The molecule has 88 valence electrons. The van der Waals surface area contributed by atoms with Gasteiger partial charge in [0.1, 0.15) is 6.04 Å². The lowest BCUT2D eigenvalue weighted by molar-refractivity contribution is -0.147. The molecule has 0 aromatic carbocycles. The quantitative estimate of drug-likeness (QED) is 0.686. The lowest BCUT2D eigenvalue weighted by Gasteiger charge is -2.37. The van der Waals surface area contributed by atoms with Gasteiger partial charge in [-0.2, -0.15) is 0 Å². The molecule has 0 aromatic rings. The molecule has 0 amide bonds. The van der Waals surface area contributed by atoms with E-state index in [0.29, 0.717) is 26.1 Å². The van der Waals surface area contributed by atoms with Crippen LogP contribution in [0.25, 0.3) is 0 Å². The second kappa shape index (κ2) is 5.44. The molecule has 3 atom stereocenters. The number of rotatable bonds is 4. The van der Waals surface area contributed by atoms with Gasteiger partial charge in [0.25, 0.3) is 0 Å². The first kappa shape index (κ1) is 12.4. The molecular weight excluding hydrogens is 196 g/mol. The van der Waals surface area contributed by atoms with Crippen LogP contribution in [0.1, 0.15) is 20.3 Å². The van der Waals surface area contributed by atoms with Crippen LogP contribution in [-0.4, -0.2) is 53.9 Å². The van der Waals surface area contributed by atoms with Crippen molar-refractivity contribution >= 4 is 5.97 Å². The number of hydrogen-bond acceptors (Lipinski definition) is 4. The van der Waals surface area contributed by atoms with Gasteiger partial charge in [0, 0.05) is 19.1 Å². The summed E-state index contributed by atoms with van der Waals surface area (Å²) in [6.07, 6.45) is 0.563. The highest BCUT2D eigenvalue weighted by atomic mass is 16.5. The van der Waals surface area contributed by atoms with Crippen molar-refractivity contribution in [2.24, 2.45) is 5.73 Å². The third-order valence-electron chi connectivity index (χ3n) is 2.82. The zero-order valence-corrected chi connectivity index (χ0v) is 9.35. The Morgan fingerprint density at radius 2 is 2.40 bits per heavy atom. The highest BCUT2D eigenvalue weighted by molar-refractivity contribution is 5.73. The van der Waals surface area contributed by atoms with Crippen LogP contribution in [0.4, 0.5) is 0 Å². The summed E-state index contributed by atoms with van der Waals surface area (Å²) in [5, 5.41) is 9.04. The minimum absolute atomic E-state index is 0.0489. The topological polar surface area (TPSA) is 75.8 Å². The van der Waals surface area contributed by atoms with Gasteiger partial charge in [0.15, 0.2) is 0 Å². The summed E-state index contributed by atoms with van der Waals surface area (Å²) < 4.78 is 5.48. The van der Waals surface area contributed by atoms with Gasteiger partial charge >= 0.3 is 5.97 Å². The molecule has 0 saturated carbocycles. The molecule has 1 aliphatic rings. The molecule has 5 heteroatoms. The van der Waals surface area contributed by atoms with E-state index >= 15 is 0 Å². The van der Waals surface area contributed by atoms with Gasteiger partial charge < -0.3 is 15.6 Å². The molecule has 1 saturated heterocycles. The smallest absolute Gasteiger partial charge is 0.320 e. The van der Waals surface area contributed by atoms with Crippen molar-refractivity contribution < 1.29 is 14.6 Å². The molecule has 0 radical (unpaired) electrons. The van der Waals surface area contributed by atoms with Crippen molar-refractivity contribution in [1.29, 1.82) is 0 Å². The number of nitrogens with two attached hydrogens (primary N) is 1. The lowest BCUT2D eigenvalue weighted by Crippen LogP contribution is -2.54. The van der Waals surface area contributed by atoms with E-state index in [4.69, 9.17) is 15.6 Å². The minimum atomic E-state index is -0.761. The predicted molar refractivity (Wildman–Crippen MR) is 56.7 cm³/mol. The Bertz CT molecular complexity index is 221. The highest BCUT2D eigenvalue weighted by Gasteiger charge is 2.30. The predicted octanol–water partition coefficient (Wildman–Crippen LogP) is -0.102. The van der Waals surface area contributed by atoms with Crippen LogP contribution in [0.3, 0.4) is 0 Å². The molecule has 1 rings (SSSR count). The van der Waals surface area contributed by atoms with Gasteiger partial charge in [0.2, 0.25) is 0 Å². The van der Waals surface area contributed by atoms with Crippen molar-refractivity contribution in [3.63, 3.8) is 0 Å². The van der Waals surface area contributed by atoms with E-state index in [0.717, 1.165) is 0 Å². The van der Waals surface area contributed by atoms with E-state index in [2.05, 4.69) is 0 Å². The van der Waals surface area contributed by atoms with Crippen LogP contribution in [-0.2, 0) is 9.53 Å². The van der Waals surface area contributed by atoms with Crippen LogP contribution < -0.4 is 5.73 Å². The summed E-state index contributed by atoms with van der Waals surface area (Å²) >= 11 is 0. The molecule has 1 aliphatic heterocycles. The summed E-state index contributed by atoms with van der Waals surface area (Å²) in [6.45, 7) is 5.62. The molecule has 5 nitrogen and oxygen atoms in total. The Labute approximate surface area is 90.2 Å². The maximum atomic E-state index is 11.0. The van der Waals surface area contributed by atoms with E-state index in [-0.39, 0.29) is 12.1 Å². The van der Waals surface area contributed by atoms with Crippen LogP contribution in [0.5, 0.6) is 0 Å². The summed E-state index contributed by atoms with van der Waals surface area (Å²) in [5.41, 5.74) is 5.75. The molecule has 0 spiro atoms. The van der Waals surface area contributed by atoms with E-state index in [1.807, 2.05) is 18.7 Å². The van der Waals surface area contributed by atoms with Crippen LogP contribution in [0.15, 0.2) is 0 Å². The average Bonchev–Trinajstić information content (AvgIpc) is 2.18. The van der Waals surface area contributed by atoms with E-state index in [1.165, 1.54) is 0 Å². The van der Waals surface area contributed by atoms with Gasteiger partial charge in [-0.1, -0.05) is 6.92 Å². The first-order chi connectivity index (χ1) is 7.06. The maximum absolute atomic E-state index is 11.0. The van der Waals surface area contributed by atoms with Gasteiger partial charge in [-0.05, 0) is 13.3 Å². The van der Waals surface area contributed by atoms with Gasteiger partial charge in [-0.15, -0.1) is 0 Å². The van der Waals surface area contributed by atoms with Crippen LogP contribution in [0, 0.1) is 0 Å². The number of hydrogen-bond donors (Lipinski definition) is 2. The molecule has 0 bridgehead atoms. The number of carboxylic acids is 1. The first-order valence-electron chi connectivity index (χ1n) is 5.40. The van der Waals surface area contributed by atoms with E-state index in [1.54, 1.807) is 0 Å². The Balaban J connectivity index is 2.58. The second-order valence-corrected chi connectivity index (χ2v) is 4.03. The minimum Gasteiger partial charge on any atom is -0.480 e. The third-order valence-corrected chi connectivity index (χ3v) is 2.82. The SMILES string of the molecule is CCC(C(=O)O)N1CCOC(C(C)N)C1. The number of morpholine rings is 1. The number of aliphatic carboxylic acids is 1. The van der Waals surface area contributed by atoms with Crippen LogP contribution >= 0.6 is 0 Å². The normalized spacial score (nSPS) is 27.3. The summed E-state index contributed by atoms with van der Waals surface area (Å²) in [6, 6.07) is -0.464. The summed E-state index contributed by atoms with van der Waals surface area (Å²) in [4.78, 5) is 12.9. The summed E-state index contributed by atoms with van der Waals surface area (Å²) in [7, 11) is 0. The molecule has 1 fully saturated rings. The molecule has 3 N–H and O–H groups in total. The fourth-order valence-corrected chi connectivity index (χ4v) is 1.89. The Hall–Kier alpha value is -0.650. The average molecular weight is 216 g/mol. The standard InChI is InChI=1S/C10H20N2O3/c1-3-8(10(13)14)12-4-5-15-9(6-12)7(2)11/h7-9H,3-6,11H2,1-2H3,(H,13,14). The Morgan fingerprint density at radius 3 is 2.87 bits per heavy atom. The zero-order chi connectivity index (χ0) is 11.4. The first-order valence-corrected chi connectivity index (χ1v) is 5.40. The monoisotopic (exact) mass is 216 g/mol. The second-order valence-electron chi connectivity index (χ2n) is 4.03. The fourth-order valence-electron chi connectivity index (χ4n) is 1.89. The maximum Gasteiger partial charge on any atom is 0.320 e. The molecular formula is C10H20N2O3.